The molecule has 0 fully saturated rings. The third-order valence-electron chi connectivity index (χ3n) is 3.18. The predicted molar refractivity (Wildman–Crippen MR) is 99.0 cm³/mol. The van der Waals surface area contributed by atoms with E-state index in [0.717, 1.165) is 16.9 Å². The number of halogens is 3. The molecule has 1 heterocycles. The fourth-order valence-electron chi connectivity index (χ4n) is 1.94. The molecule has 0 aliphatic heterocycles. The maximum Gasteiger partial charge on any atom is 0.249 e. The summed E-state index contributed by atoms with van der Waals surface area (Å²) in [6.45, 7) is 1.94. The molecule has 0 saturated heterocycles. The van der Waals surface area contributed by atoms with Gasteiger partial charge in [0.25, 0.3) is 0 Å². The number of nitrogens with zero attached hydrogens (tertiary/aromatic N) is 3. The van der Waals surface area contributed by atoms with Crippen molar-refractivity contribution in [2.24, 2.45) is 0 Å². The highest BCUT2D eigenvalue weighted by Crippen LogP contribution is 2.27. The van der Waals surface area contributed by atoms with Crippen LogP contribution in [-0.2, 0) is 0 Å². The third-order valence-corrected chi connectivity index (χ3v) is 4.33. The Hall–Kier alpha value is -2.08. The molecule has 0 atom stereocenters. The second-order valence-corrected chi connectivity index (χ2v) is 6.23. The van der Waals surface area contributed by atoms with Gasteiger partial charge in [0.1, 0.15) is 0 Å². The van der Waals surface area contributed by atoms with Gasteiger partial charge in [0, 0.05) is 16.4 Å². The Kier molecular flexibility index (Phi) is 5.04. The zero-order valence-corrected chi connectivity index (χ0v) is 14.8. The van der Waals surface area contributed by atoms with Gasteiger partial charge >= 0.3 is 0 Å². The van der Waals surface area contributed by atoms with Crippen LogP contribution in [0.1, 0.15) is 5.56 Å². The maximum atomic E-state index is 6.11. The van der Waals surface area contributed by atoms with Crippen LogP contribution in [0.4, 0.5) is 23.1 Å². The number of aryl methyl sites for hydroxylation is 1. The molecule has 0 saturated carbocycles. The summed E-state index contributed by atoms with van der Waals surface area (Å²) in [6.07, 6.45) is 1.51. The Labute approximate surface area is 154 Å². The molecule has 1 aromatic heterocycles. The summed E-state index contributed by atoms with van der Waals surface area (Å²) in [5, 5.41) is 15.7. The van der Waals surface area contributed by atoms with Gasteiger partial charge in [0.05, 0.1) is 16.2 Å². The van der Waals surface area contributed by atoms with Gasteiger partial charge in [-0.05, 0) is 42.8 Å². The molecule has 2 aromatic carbocycles. The lowest BCUT2D eigenvalue weighted by atomic mass is 10.2. The first-order valence-corrected chi connectivity index (χ1v) is 8.09. The van der Waals surface area contributed by atoms with Gasteiger partial charge < -0.3 is 10.6 Å². The Morgan fingerprint density at radius 2 is 1.54 bits per heavy atom. The predicted octanol–water partition coefficient (Wildman–Crippen LogP) is 5.63. The van der Waals surface area contributed by atoms with E-state index in [1.807, 2.05) is 19.1 Å². The molecular formula is C16H12Cl3N5. The summed E-state index contributed by atoms with van der Waals surface area (Å²) in [7, 11) is 0. The van der Waals surface area contributed by atoms with Crippen LogP contribution in [0.2, 0.25) is 15.1 Å². The smallest absolute Gasteiger partial charge is 0.249 e. The van der Waals surface area contributed by atoms with Crippen LogP contribution in [0.15, 0.2) is 42.6 Å². The number of hydrogen-bond donors (Lipinski definition) is 2. The largest absolute Gasteiger partial charge is 0.339 e. The first-order chi connectivity index (χ1) is 11.5. The number of hydrogen-bond acceptors (Lipinski definition) is 5. The number of benzene rings is 2. The monoisotopic (exact) mass is 379 g/mol. The van der Waals surface area contributed by atoms with Crippen LogP contribution in [0.3, 0.4) is 0 Å². The minimum absolute atomic E-state index is 0.347. The Morgan fingerprint density at radius 3 is 2.29 bits per heavy atom. The van der Waals surface area contributed by atoms with Gasteiger partial charge in [0.15, 0.2) is 5.82 Å². The number of rotatable bonds is 4. The van der Waals surface area contributed by atoms with Gasteiger partial charge in [-0.1, -0.05) is 40.9 Å². The number of anilines is 4. The highest BCUT2D eigenvalue weighted by Gasteiger charge is 2.05. The summed E-state index contributed by atoms with van der Waals surface area (Å²) in [6, 6.07) is 10.8. The van der Waals surface area contributed by atoms with E-state index in [9.17, 15) is 0 Å². The minimum Gasteiger partial charge on any atom is -0.339 e. The summed E-state index contributed by atoms with van der Waals surface area (Å²) in [5.74, 6) is 0.865. The van der Waals surface area contributed by atoms with Gasteiger partial charge in [-0.25, -0.2) is 0 Å². The highest BCUT2D eigenvalue weighted by molar-refractivity contribution is 6.42. The highest BCUT2D eigenvalue weighted by atomic mass is 35.5. The number of nitrogens with one attached hydrogen (secondary N) is 2. The lowest BCUT2D eigenvalue weighted by Crippen LogP contribution is -2.02. The van der Waals surface area contributed by atoms with Crippen LogP contribution >= 0.6 is 34.8 Å². The van der Waals surface area contributed by atoms with Crippen molar-refractivity contribution in [1.29, 1.82) is 0 Å². The fraction of sp³-hybridized carbons (Fsp3) is 0.0625. The fourth-order valence-corrected chi connectivity index (χ4v) is 2.42. The molecule has 3 rings (SSSR count). The van der Waals surface area contributed by atoms with E-state index < -0.39 is 0 Å². The Morgan fingerprint density at radius 1 is 0.833 bits per heavy atom. The molecule has 5 nitrogen and oxygen atoms in total. The molecule has 0 spiro atoms. The van der Waals surface area contributed by atoms with Crippen molar-refractivity contribution in [3.8, 4) is 0 Å². The average Bonchev–Trinajstić information content (AvgIpc) is 2.55. The SMILES string of the molecule is Cc1ccc(Nc2nncc(Nc3ccc(Cl)c(Cl)c3)n2)cc1Cl. The van der Waals surface area contributed by atoms with Gasteiger partial charge in [0.2, 0.25) is 5.95 Å². The molecule has 0 bridgehead atoms. The summed E-state index contributed by atoms with van der Waals surface area (Å²) in [5.41, 5.74) is 2.52. The quantitative estimate of drug-likeness (QED) is 0.614. The molecule has 2 N–H and O–H groups in total. The first-order valence-electron chi connectivity index (χ1n) is 6.96. The van der Waals surface area contributed by atoms with E-state index in [4.69, 9.17) is 34.8 Å². The minimum atomic E-state index is 0.347. The van der Waals surface area contributed by atoms with Crippen LogP contribution < -0.4 is 10.6 Å². The van der Waals surface area contributed by atoms with Crippen LogP contribution in [0.25, 0.3) is 0 Å². The van der Waals surface area contributed by atoms with Crippen molar-refractivity contribution in [3.05, 3.63) is 63.2 Å². The van der Waals surface area contributed by atoms with Crippen molar-refractivity contribution in [3.63, 3.8) is 0 Å². The van der Waals surface area contributed by atoms with Crippen molar-refractivity contribution < 1.29 is 0 Å². The van der Waals surface area contributed by atoms with E-state index in [2.05, 4.69) is 25.8 Å². The first kappa shape index (κ1) is 16.8. The normalized spacial score (nSPS) is 10.5. The second-order valence-electron chi connectivity index (χ2n) is 5.01. The molecule has 122 valence electrons. The van der Waals surface area contributed by atoms with Gasteiger partial charge in [-0.3, -0.25) is 0 Å². The lowest BCUT2D eigenvalue weighted by Gasteiger charge is -2.09. The number of aromatic nitrogens is 3. The zero-order valence-electron chi connectivity index (χ0n) is 12.5. The van der Waals surface area contributed by atoms with Gasteiger partial charge in [-0.15, -0.1) is 5.10 Å². The van der Waals surface area contributed by atoms with E-state index in [-0.39, 0.29) is 0 Å². The summed E-state index contributed by atoms with van der Waals surface area (Å²) >= 11 is 18.0. The molecule has 0 amide bonds. The van der Waals surface area contributed by atoms with Crippen LogP contribution in [0.5, 0.6) is 0 Å². The summed E-state index contributed by atoms with van der Waals surface area (Å²) < 4.78 is 0. The molecule has 0 radical (unpaired) electrons. The molecule has 0 aliphatic carbocycles. The van der Waals surface area contributed by atoms with Crippen molar-refractivity contribution in [2.45, 2.75) is 6.92 Å². The molecule has 24 heavy (non-hydrogen) atoms. The Balaban J connectivity index is 1.78. The van der Waals surface area contributed by atoms with E-state index in [1.54, 1.807) is 24.3 Å². The average molecular weight is 381 g/mol. The van der Waals surface area contributed by atoms with Gasteiger partial charge in [-0.2, -0.15) is 10.1 Å². The van der Waals surface area contributed by atoms with E-state index in [0.29, 0.717) is 26.8 Å². The van der Waals surface area contributed by atoms with E-state index >= 15 is 0 Å². The molecule has 0 unspecified atom stereocenters. The standard InChI is InChI=1S/C16H12Cl3N5/c1-9-2-3-11(6-13(9)18)22-16-23-15(8-20-24-16)21-10-4-5-12(17)14(19)7-10/h2-8H,1H3,(H2,21,22,23,24). The lowest BCUT2D eigenvalue weighted by molar-refractivity contribution is 0.982. The van der Waals surface area contributed by atoms with Crippen LogP contribution in [0, 0.1) is 6.92 Å². The maximum absolute atomic E-state index is 6.11. The van der Waals surface area contributed by atoms with E-state index in [1.165, 1.54) is 6.20 Å². The summed E-state index contributed by atoms with van der Waals surface area (Å²) in [4.78, 5) is 4.35. The second kappa shape index (κ2) is 7.21. The van der Waals surface area contributed by atoms with Crippen LogP contribution in [-0.4, -0.2) is 15.2 Å². The molecule has 8 heteroatoms. The van der Waals surface area contributed by atoms with Crippen molar-refractivity contribution >= 4 is 57.9 Å². The molecule has 3 aromatic rings. The van der Waals surface area contributed by atoms with Crippen molar-refractivity contribution in [1.82, 2.24) is 15.2 Å². The molecule has 0 aliphatic rings. The zero-order chi connectivity index (χ0) is 17.1. The third kappa shape index (κ3) is 4.06. The topological polar surface area (TPSA) is 62.7 Å². The molecular weight excluding hydrogens is 369 g/mol. The van der Waals surface area contributed by atoms with Crippen molar-refractivity contribution in [2.75, 3.05) is 10.6 Å². The Bertz CT molecular complexity index is 817.